The maximum atomic E-state index is 3.80. The molecule has 1 rings (SSSR count). The summed E-state index contributed by atoms with van der Waals surface area (Å²) in [6.07, 6.45) is 12.3. The normalized spacial score (nSPS) is 20.4. The molecule has 0 aromatic carbocycles. The van der Waals surface area contributed by atoms with Crippen LogP contribution in [0.1, 0.15) is 78.6 Å². The van der Waals surface area contributed by atoms with Crippen LogP contribution >= 0.6 is 0 Å². The fourth-order valence-corrected chi connectivity index (χ4v) is 3.25. The zero-order valence-corrected chi connectivity index (χ0v) is 13.6. The molecule has 0 atom stereocenters. The van der Waals surface area contributed by atoms with Gasteiger partial charge in [-0.05, 0) is 45.3 Å². The summed E-state index contributed by atoms with van der Waals surface area (Å²) in [4.78, 5) is 2.72. The highest BCUT2D eigenvalue weighted by Gasteiger charge is 2.29. The highest BCUT2D eigenvalue weighted by molar-refractivity contribution is 4.90. The average molecular weight is 268 g/mol. The zero-order valence-electron chi connectivity index (χ0n) is 13.6. The molecule has 0 bridgehead atoms. The van der Waals surface area contributed by atoms with Crippen LogP contribution in [-0.4, -0.2) is 36.6 Å². The largest absolute Gasteiger partial charge is 0.310 e. The smallest absolute Gasteiger partial charge is 0.0303 e. The van der Waals surface area contributed by atoms with Gasteiger partial charge in [0.05, 0.1) is 0 Å². The van der Waals surface area contributed by atoms with Crippen molar-refractivity contribution >= 4 is 0 Å². The number of nitrogens with one attached hydrogen (secondary N) is 1. The molecule has 1 aliphatic rings. The maximum absolute atomic E-state index is 3.80. The second kappa shape index (κ2) is 9.77. The Bertz CT molecular complexity index is 211. The van der Waals surface area contributed by atoms with Gasteiger partial charge in [-0.1, -0.05) is 52.9 Å². The maximum Gasteiger partial charge on any atom is 0.0303 e. The molecule has 1 saturated heterocycles. The standard InChI is InChI=1S/C17H36N2/c1-4-7-8-9-10-11-14-19-15-12-13-18-17(5-2,6-3)16-19/h18H,4-16H2,1-3H3. The van der Waals surface area contributed by atoms with Crippen molar-refractivity contribution in [3.63, 3.8) is 0 Å². The van der Waals surface area contributed by atoms with Gasteiger partial charge in [0.2, 0.25) is 0 Å². The van der Waals surface area contributed by atoms with Crippen LogP contribution in [0.5, 0.6) is 0 Å². The van der Waals surface area contributed by atoms with Gasteiger partial charge in [-0.25, -0.2) is 0 Å². The summed E-state index contributed by atoms with van der Waals surface area (Å²) < 4.78 is 0. The summed E-state index contributed by atoms with van der Waals surface area (Å²) in [7, 11) is 0. The molecule has 0 spiro atoms. The van der Waals surface area contributed by atoms with Crippen LogP contribution in [0.2, 0.25) is 0 Å². The summed E-state index contributed by atoms with van der Waals surface area (Å²) in [6, 6.07) is 0. The lowest BCUT2D eigenvalue weighted by molar-refractivity contribution is 0.194. The Hall–Kier alpha value is -0.0800. The first kappa shape index (κ1) is 17.0. The first-order valence-corrected chi connectivity index (χ1v) is 8.73. The van der Waals surface area contributed by atoms with Crippen LogP contribution in [0.3, 0.4) is 0 Å². The number of unbranched alkanes of at least 4 members (excludes halogenated alkanes) is 5. The molecule has 1 N–H and O–H groups in total. The number of hydrogen-bond acceptors (Lipinski definition) is 2. The Balaban J connectivity index is 2.24. The van der Waals surface area contributed by atoms with Crippen molar-refractivity contribution in [2.75, 3.05) is 26.2 Å². The summed E-state index contributed by atoms with van der Waals surface area (Å²) in [5.74, 6) is 0. The van der Waals surface area contributed by atoms with Crippen LogP contribution in [0.4, 0.5) is 0 Å². The fourth-order valence-electron chi connectivity index (χ4n) is 3.25. The number of hydrogen-bond donors (Lipinski definition) is 1. The predicted molar refractivity (Wildman–Crippen MR) is 85.7 cm³/mol. The van der Waals surface area contributed by atoms with Gasteiger partial charge in [0.1, 0.15) is 0 Å². The monoisotopic (exact) mass is 268 g/mol. The summed E-state index contributed by atoms with van der Waals surface area (Å²) in [6.45, 7) is 12.0. The van der Waals surface area contributed by atoms with Gasteiger partial charge in [0.25, 0.3) is 0 Å². The van der Waals surface area contributed by atoms with Gasteiger partial charge in [0, 0.05) is 12.1 Å². The van der Waals surface area contributed by atoms with Crippen molar-refractivity contribution in [1.29, 1.82) is 0 Å². The molecule has 0 radical (unpaired) electrons. The fraction of sp³-hybridized carbons (Fsp3) is 1.00. The first-order valence-electron chi connectivity index (χ1n) is 8.73. The van der Waals surface area contributed by atoms with Gasteiger partial charge < -0.3 is 10.2 Å². The molecule has 2 nitrogen and oxygen atoms in total. The Morgan fingerprint density at radius 1 is 0.947 bits per heavy atom. The molecule has 0 aromatic heterocycles. The van der Waals surface area contributed by atoms with E-state index in [1.807, 2.05) is 0 Å². The summed E-state index contributed by atoms with van der Waals surface area (Å²) in [5.41, 5.74) is 0.388. The van der Waals surface area contributed by atoms with E-state index in [0.29, 0.717) is 5.54 Å². The quantitative estimate of drug-likeness (QED) is 0.630. The lowest BCUT2D eigenvalue weighted by Gasteiger charge is -2.35. The summed E-state index contributed by atoms with van der Waals surface area (Å²) in [5, 5.41) is 3.80. The molecule has 2 heteroatoms. The Morgan fingerprint density at radius 2 is 1.63 bits per heavy atom. The van der Waals surface area contributed by atoms with E-state index < -0.39 is 0 Å². The third-order valence-electron chi connectivity index (χ3n) is 4.86. The van der Waals surface area contributed by atoms with E-state index in [1.54, 1.807) is 0 Å². The molecule has 1 aliphatic heterocycles. The van der Waals surface area contributed by atoms with Gasteiger partial charge in [-0.15, -0.1) is 0 Å². The molecule has 1 fully saturated rings. The lowest BCUT2D eigenvalue weighted by Crippen LogP contribution is -2.50. The Labute approximate surface area is 121 Å². The van der Waals surface area contributed by atoms with E-state index in [4.69, 9.17) is 0 Å². The van der Waals surface area contributed by atoms with Crippen molar-refractivity contribution in [2.45, 2.75) is 84.1 Å². The molecular formula is C17H36N2. The molecule has 0 saturated carbocycles. The van der Waals surface area contributed by atoms with E-state index in [9.17, 15) is 0 Å². The van der Waals surface area contributed by atoms with Crippen molar-refractivity contribution in [3.05, 3.63) is 0 Å². The van der Waals surface area contributed by atoms with Crippen LogP contribution in [0, 0.1) is 0 Å². The topological polar surface area (TPSA) is 15.3 Å². The van der Waals surface area contributed by atoms with Crippen LogP contribution in [0.25, 0.3) is 0 Å². The zero-order chi connectivity index (χ0) is 14.0. The minimum absolute atomic E-state index is 0.388. The van der Waals surface area contributed by atoms with Gasteiger partial charge in [0.15, 0.2) is 0 Å². The van der Waals surface area contributed by atoms with E-state index >= 15 is 0 Å². The van der Waals surface area contributed by atoms with Crippen molar-refractivity contribution in [2.24, 2.45) is 0 Å². The van der Waals surface area contributed by atoms with Crippen LogP contribution in [-0.2, 0) is 0 Å². The average Bonchev–Trinajstić information content (AvgIpc) is 2.65. The molecule has 114 valence electrons. The highest BCUT2D eigenvalue weighted by Crippen LogP contribution is 2.20. The molecule has 0 amide bonds. The third-order valence-corrected chi connectivity index (χ3v) is 4.86. The molecule has 0 aliphatic carbocycles. The molecule has 0 aromatic rings. The second-order valence-electron chi connectivity index (χ2n) is 6.31. The molecule has 19 heavy (non-hydrogen) atoms. The highest BCUT2D eigenvalue weighted by atomic mass is 15.2. The number of rotatable bonds is 9. The first-order chi connectivity index (χ1) is 9.26. The van der Waals surface area contributed by atoms with Gasteiger partial charge in [-0.3, -0.25) is 0 Å². The Morgan fingerprint density at radius 3 is 2.32 bits per heavy atom. The minimum atomic E-state index is 0.388. The summed E-state index contributed by atoms with van der Waals surface area (Å²) >= 11 is 0. The van der Waals surface area contributed by atoms with Crippen molar-refractivity contribution < 1.29 is 0 Å². The van der Waals surface area contributed by atoms with E-state index in [0.717, 1.165) is 0 Å². The minimum Gasteiger partial charge on any atom is -0.310 e. The third kappa shape index (κ3) is 6.27. The SMILES string of the molecule is CCCCCCCCN1CCCNC(CC)(CC)C1. The van der Waals surface area contributed by atoms with Crippen molar-refractivity contribution in [1.82, 2.24) is 10.2 Å². The van der Waals surface area contributed by atoms with Crippen molar-refractivity contribution in [3.8, 4) is 0 Å². The van der Waals surface area contributed by atoms with Crippen LogP contribution in [0.15, 0.2) is 0 Å². The lowest BCUT2D eigenvalue weighted by atomic mass is 9.92. The second-order valence-corrected chi connectivity index (χ2v) is 6.31. The Kier molecular flexibility index (Phi) is 8.72. The van der Waals surface area contributed by atoms with Gasteiger partial charge in [-0.2, -0.15) is 0 Å². The molecule has 0 unspecified atom stereocenters. The van der Waals surface area contributed by atoms with Crippen LogP contribution < -0.4 is 5.32 Å². The number of nitrogens with zero attached hydrogens (tertiary/aromatic N) is 1. The van der Waals surface area contributed by atoms with E-state index in [2.05, 4.69) is 31.0 Å². The van der Waals surface area contributed by atoms with E-state index in [1.165, 1.54) is 84.0 Å². The molecular weight excluding hydrogens is 232 g/mol. The van der Waals surface area contributed by atoms with Gasteiger partial charge >= 0.3 is 0 Å². The predicted octanol–water partition coefficient (Wildman–Crippen LogP) is 4.20. The molecule has 1 heterocycles. The van der Waals surface area contributed by atoms with E-state index in [-0.39, 0.29) is 0 Å².